The monoisotopic (exact) mass is 243 g/mol. The van der Waals surface area contributed by atoms with E-state index in [0.717, 1.165) is 6.54 Å². The SMILES string of the molecule is CCN1N=CN(F)C1I. The molecule has 0 spiro atoms. The summed E-state index contributed by atoms with van der Waals surface area (Å²) in [5.41, 5.74) is 0. The zero-order valence-electron chi connectivity index (χ0n) is 4.96. The molecule has 1 aliphatic heterocycles. The van der Waals surface area contributed by atoms with Gasteiger partial charge in [-0.25, -0.2) is 0 Å². The van der Waals surface area contributed by atoms with Gasteiger partial charge in [-0.3, -0.25) is 5.01 Å². The molecule has 1 heterocycles. The highest BCUT2D eigenvalue weighted by atomic mass is 127. The van der Waals surface area contributed by atoms with Crippen LogP contribution in [0.2, 0.25) is 0 Å². The first-order chi connectivity index (χ1) is 4.25. The van der Waals surface area contributed by atoms with Gasteiger partial charge in [0.2, 0.25) is 0 Å². The van der Waals surface area contributed by atoms with Crippen molar-refractivity contribution in [1.82, 2.24) is 10.1 Å². The molecule has 0 N–H and O–H groups in total. The quantitative estimate of drug-likeness (QED) is 0.298. The molecule has 0 aromatic carbocycles. The van der Waals surface area contributed by atoms with Crippen molar-refractivity contribution < 1.29 is 4.48 Å². The van der Waals surface area contributed by atoms with E-state index in [1.165, 1.54) is 6.34 Å². The van der Waals surface area contributed by atoms with Gasteiger partial charge in [0, 0.05) is 6.54 Å². The van der Waals surface area contributed by atoms with Crippen LogP contribution < -0.4 is 0 Å². The van der Waals surface area contributed by atoms with E-state index >= 15 is 0 Å². The molecule has 0 aromatic heterocycles. The highest BCUT2D eigenvalue weighted by molar-refractivity contribution is 14.1. The van der Waals surface area contributed by atoms with Crippen molar-refractivity contribution in [3.8, 4) is 0 Å². The van der Waals surface area contributed by atoms with Gasteiger partial charge in [0.05, 0.1) is 0 Å². The maximum Gasteiger partial charge on any atom is 0.200 e. The molecular weight excluding hydrogens is 236 g/mol. The predicted octanol–water partition coefficient (Wildman–Crippen LogP) is 1.17. The standard InChI is InChI=1S/C4H7FIN3/c1-2-9-4(6)8(5)3-7-9/h3-4H,2H2,1H3. The molecule has 0 aliphatic carbocycles. The van der Waals surface area contributed by atoms with Crippen molar-refractivity contribution >= 4 is 28.9 Å². The van der Waals surface area contributed by atoms with E-state index in [4.69, 9.17) is 0 Å². The average molecular weight is 243 g/mol. The van der Waals surface area contributed by atoms with E-state index in [1.807, 2.05) is 29.5 Å². The van der Waals surface area contributed by atoms with Crippen LogP contribution in [0.15, 0.2) is 5.10 Å². The van der Waals surface area contributed by atoms with E-state index in [2.05, 4.69) is 5.10 Å². The number of hydrazone groups is 1. The van der Waals surface area contributed by atoms with Crippen LogP contribution in [0.3, 0.4) is 0 Å². The molecule has 0 fully saturated rings. The second-order valence-corrected chi connectivity index (χ2v) is 2.76. The lowest BCUT2D eigenvalue weighted by Crippen LogP contribution is -2.28. The smallest absolute Gasteiger partial charge is 0.200 e. The number of hydrogen-bond acceptors (Lipinski definition) is 3. The van der Waals surface area contributed by atoms with Crippen molar-refractivity contribution in [3.05, 3.63) is 0 Å². The van der Waals surface area contributed by atoms with Crippen LogP contribution in [0.4, 0.5) is 4.48 Å². The van der Waals surface area contributed by atoms with Gasteiger partial charge in [-0.2, -0.15) is 10.2 Å². The first-order valence-corrected chi connectivity index (χ1v) is 3.89. The van der Waals surface area contributed by atoms with Crippen LogP contribution in [0.5, 0.6) is 0 Å². The van der Waals surface area contributed by atoms with Gasteiger partial charge in [0.15, 0.2) is 4.17 Å². The maximum absolute atomic E-state index is 12.4. The summed E-state index contributed by atoms with van der Waals surface area (Å²) in [4.78, 5) is 0. The van der Waals surface area contributed by atoms with E-state index in [9.17, 15) is 4.48 Å². The minimum atomic E-state index is -0.257. The normalized spacial score (nSPS) is 25.9. The molecule has 1 rings (SSSR count). The fourth-order valence-corrected chi connectivity index (χ4v) is 1.27. The fourth-order valence-electron chi connectivity index (χ4n) is 0.585. The second kappa shape index (κ2) is 2.68. The Kier molecular flexibility index (Phi) is 2.09. The lowest BCUT2D eigenvalue weighted by molar-refractivity contribution is 0.0706. The highest BCUT2D eigenvalue weighted by Crippen LogP contribution is 2.17. The highest BCUT2D eigenvalue weighted by Gasteiger charge is 2.22. The van der Waals surface area contributed by atoms with E-state index in [1.54, 1.807) is 5.01 Å². The van der Waals surface area contributed by atoms with Gasteiger partial charge in [-0.1, -0.05) is 4.48 Å². The van der Waals surface area contributed by atoms with Crippen molar-refractivity contribution in [1.29, 1.82) is 0 Å². The summed E-state index contributed by atoms with van der Waals surface area (Å²) >= 11 is 1.97. The van der Waals surface area contributed by atoms with Crippen LogP contribution >= 0.6 is 22.6 Å². The minimum Gasteiger partial charge on any atom is -0.262 e. The Morgan fingerprint density at radius 3 is 2.78 bits per heavy atom. The molecule has 9 heavy (non-hydrogen) atoms. The Hall–Kier alpha value is -0.0700. The van der Waals surface area contributed by atoms with Gasteiger partial charge in [0.25, 0.3) is 0 Å². The van der Waals surface area contributed by atoms with Crippen LogP contribution in [0, 0.1) is 0 Å². The van der Waals surface area contributed by atoms with Crippen molar-refractivity contribution in [2.75, 3.05) is 6.54 Å². The van der Waals surface area contributed by atoms with Gasteiger partial charge >= 0.3 is 0 Å². The topological polar surface area (TPSA) is 18.8 Å². The summed E-state index contributed by atoms with van der Waals surface area (Å²) in [5.74, 6) is 0. The van der Waals surface area contributed by atoms with Crippen LogP contribution in [-0.4, -0.2) is 27.2 Å². The van der Waals surface area contributed by atoms with Crippen molar-refractivity contribution in [2.24, 2.45) is 5.10 Å². The fraction of sp³-hybridized carbons (Fsp3) is 0.750. The average Bonchev–Trinajstić information content (AvgIpc) is 2.15. The lowest BCUT2D eigenvalue weighted by atomic mass is 10.7. The van der Waals surface area contributed by atoms with Gasteiger partial charge in [-0.15, -0.1) is 0 Å². The molecule has 1 atom stereocenters. The predicted molar refractivity (Wildman–Crippen MR) is 41.6 cm³/mol. The Balaban J connectivity index is 2.51. The molecule has 1 unspecified atom stereocenters. The molecule has 0 radical (unpaired) electrons. The molecule has 5 heteroatoms. The Morgan fingerprint density at radius 1 is 1.89 bits per heavy atom. The molecule has 52 valence electrons. The molecule has 0 aromatic rings. The third kappa shape index (κ3) is 1.25. The van der Waals surface area contributed by atoms with Gasteiger partial charge < -0.3 is 0 Å². The summed E-state index contributed by atoms with van der Waals surface area (Å²) in [5, 5.41) is 5.99. The van der Waals surface area contributed by atoms with E-state index in [0.29, 0.717) is 5.12 Å². The Labute approximate surface area is 66.6 Å². The zero-order valence-corrected chi connectivity index (χ0v) is 7.12. The van der Waals surface area contributed by atoms with Crippen LogP contribution in [0.1, 0.15) is 6.92 Å². The largest absolute Gasteiger partial charge is 0.262 e. The molecule has 1 aliphatic rings. The molecule has 0 saturated heterocycles. The third-order valence-electron chi connectivity index (χ3n) is 1.08. The summed E-state index contributed by atoms with van der Waals surface area (Å²) in [6.45, 7) is 2.67. The molecular formula is C4H7FIN3. The number of rotatable bonds is 1. The first-order valence-electron chi connectivity index (χ1n) is 2.64. The Morgan fingerprint density at radius 2 is 2.56 bits per heavy atom. The molecule has 0 saturated carbocycles. The summed E-state index contributed by atoms with van der Waals surface area (Å²) in [6.07, 6.45) is 1.18. The maximum atomic E-state index is 12.4. The van der Waals surface area contributed by atoms with Gasteiger partial charge in [-0.05, 0) is 29.5 Å². The molecule has 3 nitrogen and oxygen atoms in total. The second-order valence-electron chi connectivity index (χ2n) is 1.64. The number of halogens is 2. The van der Waals surface area contributed by atoms with E-state index < -0.39 is 0 Å². The summed E-state index contributed by atoms with van der Waals surface area (Å²) < 4.78 is 12.1. The summed E-state index contributed by atoms with van der Waals surface area (Å²) in [7, 11) is 0. The first kappa shape index (κ1) is 7.04. The van der Waals surface area contributed by atoms with Crippen LogP contribution in [-0.2, 0) is 0 Å². The Bertz CT molecular complexity index is 129. The number of hydrogen-bond donors (Lipinski definition) is 0. The number of nitrogens with zero attached hydrogens (tertiary/aromatic N) is 3. The minimum absolute atomic E-state index is 0.257. The third-order valence-corrected chi connectivity index (χ3v) is 2.26. The number of alkyl halides is 1. The molecule has 0 bridgehead atoms. The van der Waals surface area contributed by atoms with E-state index in [-0.39, 0.29) is 4.17 Å². The summed E-state index contributed by atoms with van der Waals surface area (Å²) in [6, 6.07) is 0. The lowest BCUT2D eigenvalue weighted by Gasteiger charge is -2.17. The zero-order chi connectivity index (χ0) is 6.85. The van der Waals surface area contributed by atoms with Gasteiger partial charge in [0.1, 0.15) is 6.34 Å². The van der Waals surface area contributed by atoms with Crippen molar-refractivity contribution in [2.45, 2.75) is 11.1 Å². The van der Waals surface area contributed by atoms with Crippen molar-refractivity contribution in [3.63, 3.8) is 0 Å². The van der Waals surface area contributed by atoms with Crippen LogP contribution in [0.25, 0.3) is 0 Å². The molecule has 0 amide bonds.